The predicted octanol–water partition coefficient (Wildman–Crippen LogP) is 4.94. The van der Waals surface area contributed by atoms with E-state index >= 15 is 0 Å². The molecule has 0 fully saturated rings. The van der Waals surface area contributed by atoms with Crippen molar-refractivity contribution in [2.75, 3.05) is 5.73 Å². The standard InChI is InChI=1S/C24H21F3N4O3S/c1-12(15-6-4-5-7-19(15)34-24(25,26)27)29-21(32)17-11-16(13(2)31(3)22(17)33)14-8-9-18-20(10-14)35-23(28)30-18/h4-12H,1-3H3,(H2,28,30)(H,29,32). The summed E-state index contributed by atoms with van der Waals surface area (Å²) in [5.74, 6) is -1.15. The molecule has 2 aromatic carbocycles. The number of nitrogen functional groups attached to an aromatic ring is 1. The molecular formula is C24H21F3N4O3S. The van der Waals surface area contributed by atoms with Crippen LogP contribution < -0.4 is 21.3 Å². The van der Waals surface area contributed by atoms with E-state index in [-0.39, 0.29) is 11.1 Å². The average Bonchev–Trinajstić information content (AvgIpc) is 3.16. The molecule has 2 aromatic heterocycles. The fourth-order valence-electron chi connectivity index (χ4n) is 3.80. The van der Waals surface area contributed by atoms with Crippen molar-refractivity contribution < 1.29 is 22.7 Å². The zero-order chi connectivity index (χ0) is 25.5. The molecule has 0 aliphatic heterocycles. The number of aromatic nitrogens is 2. The summed E-state index contributed by atoms with van der Waals surface area (Å²) in [7, 11) is 1.55. The topological polar surface area (TPSA) is 99.2 Å². The summed E-state index contributed by atoms with van der Waals surface area (Å²) in [4.78, 5) is 30.2. The molecule has 0 aliphatic carbocycles. The lowest BCUT2D eigenvalue weighted by Gasteiger charge is -2.20. The molecule has 0 radical (unpaired) electrons. The van der Waals surface area contributed by atoms with Gasteiger partial charge < -0.3 is 20.4 Å². The smallest absolute Gasteiger partial charge is 0.405 e. The number of alkyl halides is 3. The molecule has 0 saturated heterocycles. The highest BCUT2D eigenvalue weighted by atomic mass is 32.1. The first-order chi connectivity index (χ1) is 16.4. The monoisotopic (exact) mass is 502 g/mol. The maximum absolute atomic E-state index is 13.1. The Labute approximate surface area is 202 Å². The van der Waals surface area contributed by atoms with Crippen LogP contribution in [0.5, 0.6) is 5.75 Å². The molecule has 0 bridgehead atoms. The Morgan fingerprint density at radius 2 is 1.91 bits per heavy atom. The van der Waals surface area contributed by atoms with E-state index in [0.29, 0.717) is 16.4 Å². The van der Waals surface area contributed by atoms with Crippen molar-refractivity contribution in [3.63, 3.8) is 0 Å². The summed E-state index contributed by atoms with van der Waals surface area (Å²) in [5, 5.41) is 3.04. The van der Waals surface area contributed by atoms with E-state index in [0.717, 1.165) is 21.8 Å². The van der Waals surface area contributed by atoms with Crippen LogP contribution >= 0.6 is 11.3 Å². The van der Waals surface area contributed by atoms with Crippen LogP contribution in [0.15, 0.2) is 53.3 Å². The highest BCUT2D eigenvalue weighted by Gasteiger charge is 2.32. The number of rotatable bonds is 5. The fraction of sp³-hybridized carbons (Fsp3) is 0.208. The minimum Gasteiger partial charge on any atom is -0.405 e. The predicted molar refractivity (Wildman–Crippen MR) is 128 cm³/mol. The van der Waals surface area contributed by atoms with Gasteiger partial charge in [0.2, 0.25) is 0 Å². The van der Waals surface area contributed by atoms with Crippen molar-refractivity contribution in [2.24, 2.45) is 7.05 Å². The van der Waals surface area contributed by atoms with Gasteiger partial charge in [-0.3, -0.25) is 9.59 Å². The molecular weight excluding hydrogens is 481 g/mol. The molecule has 0 saturated carbocycles. The van der Waals surface area contributed by atoms with Crippen LogP contribution in [0.4, 0.5) is 18.3 Å². The summed E-state index contributed by atoms with van der Waals surface area (Å²) in [6.07, 6.45) is -4.88. The maximum Gasteiger partial charge on any atom is 0.573 e. The number of benzene rings is 2. The average molecular weight is 503 g/mol. The molecule has 0 aliphatic rings. The number of pyridine rings is 1. The Kier molecular flexibility index (Phi) is 6.28. The molecule has 0 spiro atoms. The van der Waals surface area contributed by atoms with Gasteiger partial charge in [-0.25, -0.2) is 4.98 Å². The van der Waals surface area contributed by atoms with Gasteiger partial charge in [0, 0.05) is 23.9 Å². The molecule has 3 N–H and O–H groups in total. The number of halogens is 3. The normalized spacial score (nSPS) is 12.5. The highest BCUT2D eigenvalue weighted by Crippen LogP contribution is 2.32. The number of carbonyl (C=O) groups excluding carboxylic acids is 1. The van der Waals surface area contributed by atoms with Gasteiger partial charge in [-0.05, 0) is 43.7 Å². The van der Waals surface area contributed by atoms with E-state index in [1.165, 1.54) is 47.1 Å². The number of nitrogens with zero attached hydrogens (tertiary/aromatic N) is 2. The number of fused-ring (bicyclic) bond motifs is 1. The second-order valence-corrected chi connectivity index (χ2v) is 9.00. The summed E-state index contributed by atoms with van der Waals surface area (Å²) in [6.45, 7) is 3.27. The van der Waals surface area contributed by atoms with Crippen LogP contribution in [-0.2, 0) is 7.05 Å². The summed E-state index contributed by atoms with van der Waals surface area (Å²) >= 11 is 1.32. The number of carbonyl (C=O) groups is 1. The SMILES string of the molecule is Cc1c(-c2ccc3nc(N)sc3c2)cc(C(=O)NC(C)c2ccccc2OC(F)(F)F)c(=O)n1C. The van der Waals surface area contributed by atoms with Crippen LogP contribution in [0.1, 0.15) is 34.6 Å². The van der Waals surface area contributed by atoms with Crippen LogP contribution in [0.3, 0.4) is 0 Å². The van der Waals surface area contributed by atoms with Crippen molar-refractivity contribution in [1.82, 2.24) is 14.9 Å². The summed E-state index contributed by atoms with van der Waals surface area (Å²) in [5.41, 5.74) is 8.04. The van der Waals surface area contributed by atoms with Crippen molar-refractivity contribution >= 4 is 32.6 Å². The Hall–Kier alpha value is -3.86. The minimum atomic E-state index is -4.88. The van der Waals surface area contributed by atoms with E-state index in [2.05, 4.69) is 15.0 Å². The number of hydrogen-bond donors (Lipinski definition) is 2. The Bertz CT molecular complexity index is 1490. The van der Waals surface area contributed by atoms with Gasteiger partial charge in [0.25, 0.3) is 11.5 Å². The van der Waals surface area contributed by atoms with Gasteiger partial charge in [0.15, 0.2) is 5.13 Å². The maximum atomic E-state index is 13.1. The number of nitrogens with two attached hydrogens (primary N) is 1. The lowest BCUT2D eigenvalue weighted by Crippen LogP contribution is -2.34. The number of hydrogen-bond acceptors (Lipinski definition) is 6. The summed E-state index contributed by atoms with van der Waals surface area (Å²) in [6, 6.07) is 11.6. The van der Waals surface area contributed by atoms with Gasteiger partial charge in [-0.2, -0.15) is 0 Å². The van der Waals surface area contributed by atoms with E-state index in [1.54, 1.807) is 14.0 Å². The zero-order valence-corrected chi connectivity index (χ0v) is 19.8. The number of thiazole rings is 1. The molecule has 35 heavy (non-hydrogen) atoms. The Morgan fingerprint density at radius 1 is 1.20 bits per heavy atom. The van der Waals surface area contributed by atoms with Gasteiger partial charge >= 0.3 is 6.36 Å². The number of nitrogens with one attached hydrogen (secondary N) is 1. The van der Waals surface area contributed by atoms with Crippen LogP contribution in [0.2, 0.25) is 0 Å². The van der Waals surface area contributed by atoms with Crippen molar-refractivity contribution in [3.05, 3.63) is 75.7 Å². The second-order valence-electron chi connectivity index (χ2n) is 7.94. The summed E-state index contributed by atoms with van der Waals surface area (Å²) < 4.78 is 44.7. The van der Waals surface area contributed by atoms with Crippen LogP contribution in [0, 0.1) is 6.92 Å². The molecule has 1 unspecified atom stereocenters. The van der Waals surface area contributed by atoms with Gasteiger partial charge in [-0.15, -0.1) is 13.2 Å². The quantitative estimate of drug-likeness (QED) is 0.403. The third kappa shape index (κ3) is 4.99. The number of amides is 1. The molecule has 11 heteroatoms. The highest BCUT2D eigenvalue weighted by molar-refractivity contribution is 7.22. The minimum absolute atomic E-state index is 0.121. The molecule has 2 heterocycles. The van der Waals surface area contributed by atoms with E-state index < -0.39 is 29.6 Å². The van der Waals surface area contributed by atoms with Crippen molar-refractivity contribution in [1.29, 1.82) is 0 Å². The number of ether oxygens (including phenoxy) is 1. The molecule has 182 valence electrons. The van der Waals surface area contributed by atoms with Crippen LogP contribution in [-0.4, -0.2) is 21.8 Å². The molecule has 1 amide bonds. The first kappa shape index (κ1) is 24.3. The third-order valence-electron chi connectivity index (χ3n) is 5.64. The van der Waals surface area contributed by atoms with Crippen molar-refractivity contribution in [2.45, 2.75) is 26.3 Å². The zero-order valence-electron chi connectivity index (χ0n) is 18.9. The Balaban J connectivity index is 1.69. The van der Waals surface area contributed by atoms with E-state index in [1.807, 2.05) is 18.2 Å². The molecule has 4 aromatic rings. The first-order valence-electron chi connectivity index (χ1n) is 10.5. The first-order valence-corrected chi connectivity index (χ1v) is 11.3. The van der Waals surface area contributed by atoms with Crippen LogP contribution in [0.25, 0.3) is 21.3 Å². The number of anilines is 1. The molecule has 4 rings (SSSR count). The lowest BCUT2D eigenvalue weighted by atomic mass is 10.0. The largest absolute Gasteiger partial charge is 0.573 e. The van der Waals surface area contributed by atoms with E-state index in [4.69, 9.17) is 5.73 Å². The second kappa shape index (κ2) is 9.06. The lowest BCUT2D eigenvalue weighted by molar-refractivity contribution is -0.275. The fourth-order valence-corrected chi connectivity index (χ4v) is 4.57. The van der Waals surface area contributed by atoms with Crippen molar-refractivity contribution in [3.8, 4) is 16.9 Å². The van der Waals surface area contributed by atoms with Gasteiger partial charge in [-0.1, -0.05) is 35.6 Å². The van der Waals surface area contributed by atoms with Gasteiger partial charge in [0.05, 0.1) is 16.3 Å². The Morgan fingerprint density at radius 3 is 2.63 bits per heavy atom. The van der Waals surface area contributed by atoms with Gasteiger partial charge in [0.1, 0.15) is 11.3 Å². The van der Waals surface area contributed by atoms with E-state index in [9.17, 15) is 22.8 Å². The number of para-hydroxylation sites is 1. The molecule has 1 atom stereocenters. The molecule has 7 nitrogen and oxygen atoms in total. The third-order valence-corrected chi connectivity index (χ3v) is 6.48.